The number of fused-ring (bicyclic) bond motifs is 1. The molecule has 5 nitrogen and oxygen atoms in total. The number of oxazole rings is 1. The van der Waals surface area contributed by atoms with Gasteiger partial charge in [-0.1, -0.05) is 12.1 Å². The Morgan fingerprint density at radius 1 is 1.23 bits per heavy atom. The number of carbonyl (C=O) groups excluding carboxylic acids is 1. The van der Waals surface area contributed by atoms with Crippen molar-refractivity contribution < 1.29 is 9.21 Å². The van der Waals surface area contributed by atoms with E-state index in [1.54, 1.807) is 0 Å². The summed E-state index contributed by atoms with van der Waals surface area (Å²) in [6.45, 7) is 0.932. The van der Waals surface area contributed by atoms with Crippen molar-refractivity contribution in [1.29, 1.82) is 0 Å². The first-order valence-electron chi connectivity index (χ1n) is 10.0. The van der Waals surface area contributed by atoms with Crippen LogP contribution in [0, 0.1) is 24.2 Å². The predicted octanol–water partition coefficient (Wildman–Crippen LogP) is 3.08. The van der Waals surface area contributed by atoms with Crippen LogP contribution in [0.2, 0.25) is 0 Å². The highest BCUT2D eigenvalue weighted by atomic mass is 16.3. The minimum absolute atomic E-state index is 0.0443. The monoisotopic (exact) mass is 350 g/mol. The molecule has 3 aliphatic carbocycles. The number of aromatic nitrogens is 1. The van der Waals surface area contributed by atoms with Crippen LogP contribution in [-0.4, -0.2) is 34.4 Å². The first kappa shape index (κ1) is 15.2. The van der Waals surface area contributed by atoms with Gasteiger partial charge in [0.15, 0.2) is 12.0 Å². The minimum atomic E-state index is 0.0443. The molecule has 3 saturated carbocycles. The van der Waals surface area contributed by atoms with Crippen molar-refractivity contribution in [3.05, 3.63) is 36.6 Å². The number of nitrogens with zero attached hydrogens (tertiary/aromatic N) is 2. The molecule has 26 heavy (non-hydrogen) atoms. The molecule has 6 rings (SSSR count). The first-order valence-corrected chi connectivity index (χ1v) is 10.0. The second kappa shape index (κ2) is 5.56. The number of carbonyl (C=O) groups is 1. The third kappa shape index (κ3) is 2.40. The van der Waals surface area contributed by atoms with Crippen LogP contribution in [0.5, 0.6) is 0 Å². The van der Waals surface area contributed by atoms with E-state index in [1.165, 1.54) is 19.2 Å². The van der Waals surface area contributed by atoms with Crippen LogP contribution in [0.4, 0.5) is 0 Å². The fourth-order valence-corrected chi connectivity index (χ4v) is 4.80. The van der Waals surface area contributed by atoms with Crippen molar-refractivity contribution in [2.75, 3.05) is 6.54 Å². The SMILES string of the molecule is O=C(C1CC1)N1C(C2CC2)CNC(C2[CH]C2)C1c1cccc2ncoc12. The molecule has 4 atom stereocenters. The lowest BCUT2D eigenvalue weighted by molar-refractivity contribution is -0.141. The van der Waals surface area contributed by atoms with Crippen molar-refractivity contribution in [3.8, 4) is 0 Å². The molecule has 1 N–H and O–H groups in total. The Hall–Kier alpha value is -1.88. The van der Waals surface area contributed by atoms with E-state index >= 15 is 0 Å². The van der Waals surface area contributed by atoms with Crippen molar-refractivity contribution in [3.63, 3.8) is 0 Å². The zero-order chi connectivity index (χ0) is 17.3. The summed E-state index contributed by atoms with van der Waals surface area (Å²) in [5.74, 6) is 1.82. The molecule has 2 aromatic rings. The molecule has 0 spiro atoms. The topological polar surface area (TPSA) is 58.4 Å². The molecule has 0 bridgehead atoms. The van der Waals surface area contributed by atoms with Crippen molar-refractivity contribution >= 4 is 17.0 Å². The Labute approximate surface area is 153 Å². The highest BCUT2D eigenvalue weighted by Crippen LogP contribution is 2.49. The van der Waals surface area contributed by atoms with Gasteiger partial charge < -0.3 is 14.6 Å². The van der Waals surface area contributed by atoms with Crippen LogP contribution in [0.25, 0.3) is 11.1 Å². The third-order valence-electron chi connectivity index (χ3n) is 6.58. The number of hydrogen-bond donors (Lipinski definition) is 1. The van der Waals surface area contributed by atoms with E-state index in [-0.39, 0.29) is 18.0 Å². The zero-order valence-electron chi connectivity index (χ0n) is 14.8. The van der Waals surface area contributed by atoms with Crippen LogP contribution in [0.3, 0.4) is 0 Å². The van der Waals surface area contributed by atoms with Gasteiger partial charge in [-0.25, -0.2) is 4.98 Å². The molecular formula is C21H24N3O2. The standard InChI is InChI=1S/C21H24N3O2/c25-21(14-8-9-14)24-17(12-4-5-12)10-22-18(13-6-7-13)19(24)15-2-1-3-16-20(15)26-11-23-16/h1-3,6,11-14,17-19,22H,4-5,7-10H2. The number of para-hydroxylation sites is 1. The Morgan fingerprint density at radius 3 is 2.81 bits per heavy atom. The van der Waals surface area contributed by atoms with Crippen molar-refractivity contribution in [1.82, 2.24) is 15.2 Å². The molecule has 1 radical (unpaired) electrons. The first-order chi connectivity index (χ1) is 12.8. The average molecular weight is 350 g/mol. The molecule has 4 aliphatic rings. The van der Waals surface area contributed by atoms with Gasteiger partial charge in [0.05, 0.1) is 6.04 Å². The van der Waals surface area contributed by atoms with E-state index in [0.29, 0.717) is 23.8 Å². The number of benzene rings is 1. The van der Waals surface area contributed by atoms with E-state index < -0.39 is 0 Å². The molecule has 5 heteroatoms. The fraction of sp³-hybridized carbons (Fsp3) is 0.571. The van der Waals surface area contributed by atoms with Gasteiger partial charge in [0.2, 0.25) is 5.91 Å². The average Bonchev–Trinajstić information content (AvgIpc) is 3.53. The van der Waals surface area contributed by atoms with E-state index in [4.69, 9.17) is 4.42 Å². The molecule has 4 unspecified atom stereocenters. The number of nitrogens with one attached hydrogen (secondary N) is 1. The lowest BCUT2D eigenvalue weighted by Crippen LogP contribution is -2.61. The fourth-order valence-electron chi connectivity index (χ4n) is 4.80. The van der Waals surface area contributed by atoms with E-state index in [1.807, 2.05) is 12.1 Å². The minimum Gasteiger partial charge on any atom is -0.443 e. The number of piperazine rings is 1. The van der Waals surface area contributed by atoms with E-state index in [9.17, 15) is 4.79 Å². The number of rotatable bonds is 4. The summed E-state index contributed by atoms with van der Waals surface area (Å²) in [7, 11) is 0. The summed E-state index contributed by atoms with van der Waals surface area (Å²) in [6.07, 6.45) is 9.64. The van der Waals surface area contributed by atoms with Crippen LogP contribution >= 0.6 is 0 Å². The van der Waals surface area contributed by atoms with Gasteiger partial charge in [-0.2, -0.15) is 0 Å². The van der Waals surface area contributed by atoms with E-state index in [2.05, 4.69) is 27.7 Å². The van der Waals surface area contributed by atoms with Crippen LogP contribution < -0.4 is 5.32 Å². The van der Waals surface area contributed by atoms with Crippen LogP contribution in [0.1, 0.15) is 43.7 Å². The van der Waals surface area contributed by atoms with Gasteiger partial charge in [0, 0.05) is 30.1 Å². The summed E-state index contributed by atoms with van der Waals surface area (Å²) in [6, 6.07) is 6.82. The largest absolute Gasteiger partial charge is 0.443 e. The maximum Gasteiger partial charge on any atom is 0.226 e. The smallest absolute Gasteiger partial charge is 0.226 e. The predicted molar refractivity (Wildman–Crippen MR) is 97.0 cm³/mol. The normalized spacial score (nSPS) is 32.2. The number of amides is 1. The molecule has 1 saturated heterocycles. The van der Waals surface area contributed by atoms with Gasteiger partial charge in [-0.3, -0.25) is 4.79 Å². The highest BCUT2D eigenvalue weighted by molar-refractivity contribution is 5.84. The molecule has 135 valence electrons. The van der Waals surface area contributed by atoms with Gasteiger partial charge >= 0.3 is 0 Å². The summed E-state index contributed by atoms with van der Waals surface area (Å²) in [5.41, 5.74) is 2.85. The maximum absolute atomic E-state index is 13.4. The summed E-state index contributed by atoms with van der Waals surface area (Å²) < 4.78 is 5.78. The lowest BCUT2D eigenvalue weighted by Gasteiger charge is -2.48. The molecular weight excluding hydrogens is 326 g/mol. The van der Waals surface area contributed by atoms with Gasteiger partial charge in [-0.15, -0.1) is 0 Å². The van der Waals surface area contributed by atoms with Crippen molar-refractivity contribution in [2.45, 2.75) is 50.2 Å². The molecule has 1 aromatic carbocycles. The maximum atomic E-state index is 13.4. The Balaban J connectivity index is 1.49. The summed E-state index contributed by atoms with van der Waals surface area (Å²) in [5, 5.41) is 3.81. The molecule has 4 fully saturated rings. The van der Waals surface area contributed by atoms with Gasteiger partial charge in [-0.05, 0) is 56.4 Å². The zero-order valence-corrected chi connectivity index (χ0v) is 14.8. The highest BCUT2D eigenvalue weighted by Gasteiger charge is 2.52. The molecule has 1 amide bonds. The van der Waals surface area contributed by atoms with Crippen LogP contribution in [-0.2, 0) is 4.79 Å². The van der Waals surface area contributed by atoms with Crippen molar-refractivity contribution in [2.24, 2.45) is 17.8 Å². The second-order valence-electron chi connectivity index (χ2n) is 8.49. The Morgan fingerprint density at radius 2 is 2.08 bits per heavy atom. The van der Waals surface area contributed by atoms with Gasteiger partial charge in [0.1, 0.15) is 5.52 Å². The van der Waals surface area contributed by atoms with E-state index in [0.717, 1.165) is 42.5 Å². The summed E-state index contributed by atoms with van der Waals surface area (Å²) >= 11 is 0. The molecule has 1 aliphatic heterocycles. The Bertz CT molecular complexity index is 850. The van der Waals surface area contributed by atoms with Gasteiger partial charge in [0.25, 0.3) is 0 Å². The van der Waals surface area contributed by atoms with Crippen LogP contribution in [0.15, 0.2) is 29.0 Å². The quantitative estimate of drug-likeness (QED) is 0.921. The summed E-state index contributed by atoms with van der Waals surface area (Å²) in [4.78, 5) is 20.0. The second-order valence-corrected chi connectivity index (χ2v) is 8.49. The molecule has 2 heterocycles. The lowest BCUT2D eigenvalue weighted by atomic mass is 9.87. The number of hydrogen-bond acceptors (Lipinski definition) is 4. The molecule has 1 aromatic heterocycles. The third-order valence-corrected chi connectivity index (χ3v) is 6.58. The Kier molecular flexibility index (Phi) is 3.25.